The first-order valence-corrected chi connectivity index (χ1v) is 9.43. The quantitative estimate of drug-likeness (QED) is 0.437. The fourth-order valence-electron chi connectivity index (χ4n) is 2.68. The predicted octanol–water partition coefficient (Wildman–Crippen LogP) is 4.62. The molecular weight excluding hydrogens is 388 g/mol. The predicted molar refractivity (Wildman–Crippen MR) is 115 cm³/mol. The van der Waals surface area contributed by atoms with Crippen molar-refractivity contribution in [2.45, 2.75) is 13.0 Å². The second kappa shape index (κ2) is 10.3. The maximum Gasteiger partial charge on any atom is 0.244 e. The molecule has 0 aliphatic carbocycles. The Kier molecular flexibility index (Phi) is 7.25. The van der Waals surface area contributed by atoms with Gasteiger partial charge in [-0.1, -0.05) is 60.1 Å². The fourth-order valence-corrected chi connectivity index (χ4v) is 2.81. The van der Waals surface area contributed by atoms with Gasteiger partial charge in [-0.05, 0) is 35.4 Å². The highest BCUT2D eigenvalue weighted by atomic mass is 35.5. The summed E-state index contributed by atoms with van der Waals surface area (Å²) < 4.78 is 11.4. The Labute approximate surface area is 174 Å². The van der Waals surface area contributed by atoms with Gasteiger partial charge in [0.1, 0.15) is 6.61 Å². The maximum atomic E-state index is 12.1. The van der Waals surface area contributed by atoms with Gasteiger partial charge in [-0.3, -0.25) is 4.79 Å². The largest absolute Gasteiger partial charge is 0.493 e. The van der Waals surface area contributed by atoms with Crippen molar-refractivity contribution in [1.82, 2.24) is 5.43 Å². The van der Waals surface area contributed by atoms with E-state index < -0.39 is 0 Å². The molecule has 0 aliphatic heterocycles. The molecule has 0 heterocycles. The average molecular weight is 409 g/mol. The van der Waals surface area contributed by atoms with Crippen LogP contribution in [0.3, 0.4) is 0 Å². The number of hydrogen-bond acceptors (Lipinski definition) is 4. The molecule has 1 N–H and O–H groups in total. The third kappa shape index (κ3) is 6.09. The van der Waals surface area contributed by atoms with E-state index in [0.29, 0.717) is 28.7 Å². The first-order chi connectivity index (χ1) is 14.2. The van der Waals surface area contributed by atoms with Crippen LogP contribution in [0.1, 0.15) is 16.7 Å². The molecule has 0 spiro atoms. The van der Waals surface area contributed by atoms with E-state index in [9.17, 15) is 4.79 Å². The number of hydrazone groups is 1. The highest BCUT2D eigenvalue weighted by Gasteiger charge is 2.10. The van der Waals surface area contributed by atoms with E-state index in [1.165, 1.54) is 0 Å². The van der Waals surface area contributed by atoms with Crippen LogP contribution in [0.15, 0.2) is 77.9 Å². The lowest BCUT2D eigenvalue weighted by Gasteiger charge is -2.13. The van der Waals surface area contributed by atoms with Gasteiger partial charge in [0.15, 0.2) is 11.5 Å². The molecule has 0 atom stereocenters. The number of rotatable bonds is 8. The van der Waals surface area contributed by atoms with E-state index in [0.717, 1.165) is 11.1 Å². The minimum Gasteiger partial charge on any atom is -0.493 e. The molecular formula is C23H21ClN2O3. The van der Waals surface area contributed by atoms with E-state index in [-0.39, 0.29) is 12.3 Å². The van der Waals surface area contributed by atoms with Crippen molar-refractivity contribution in [1.29, 1.82) is 0 Å². The van der Waals surface area contributed by atoms with Crippen molar-refractivity contribution >= 4 is 23.7 Å². The molecule has 0 aromatic heterocycles. The Balaban J connectivity index is 1.67. The van der Waals surface area contributed by atoms with Gasteiger partial charge >= 0.3 is 0 Å². The number of methoxy groups -OCH3 is 1. The van der Waals surface area contributed by atoms with Gasteiger partial charge in [0, 0.05) is 10.6 Å². The Morgan fingerprint density at radius 2 is 1.76 bits per heavy atom. The summed E-state index contributed by atoms with van der Waals surface area (Å²) in [6.07, 6.45) is 1.80. The lowest BCUT2D eigenvalue weighted by Crippen LogP contribution is -2.19. The standard InChI is InChI=1S/C23H21ClN2O3/c1-28-21-9-5-8-19(23(21)29-16-18-10-12-20(24)13-11-18)15-25-26-22(27)14-17-6-3-2-4-7-17/h2-13,15H,14,16H2,1H3,(H,26,27)/b25-15+. The Hall–Kier alpha value is -3.31. The molecule has 0 fully saturated rings. The number of para-hydroxylation sites is 1. The summed E-state index contributed by atoms with van der Waals surface area (Å²) in [6.45, 7) is 0.346. The minimum atomic E-state index is -0.195. The first kappa shape index (κ1) is 20.4. The normalized spacial score (nSPS) is 10.7. The van der Waals surface area contributed by atoms with E-state index >= 15 is 0 Å². The molecule has 6 heteroatoms. The summed E-state index contributed by atoms with van der Waals surface area (Å²) in [4.78, 5) is 12.1. The van der Waals surface area contributed by atoms with Gasteiger partial charge in [0.05, 0.1) is 19.7 Å². The van der Waals surface area contributed by atoms with Crippen LogP contribution in [0.25, 0.3) is 0 Å². The summed E-state index contributed by atoms with van der Waals surface area (Å²) in [7, 11) is 1.58. The number of hydrogen-bond donors (Lipinski definition) is 1. The molecule has 1 amide bonds. The molecule has 0 saturated heterocycles. The Bertz CT molecular complexity index is 973. The van der Waals surface area contributed by atoms with Crippen LogP contribution in [-0.4, -0.2) is 19.2 Å². The summed E-state index contributed by atoms with van der Waals surface area (Å²) in [6, 6.07) is 22.4. The molecule has 3 aromatic rings. The van der Waals surface area contributed by atoms with Crippen LogP contribution in [-0.2, 0) is 17.8 Å². The molecule has 0 bridgehead atoms. The summed E-state index contributed by atoms with van der Waals surface area (Å²) in [5, 5.41) is 4.73. The zero-order chi connectivity index (χ0) is 20.5. The van der Waals surface area contributed by atoms with Gasteiger partial charge < -0.3 is 9.47 Å². The first-order valence-electron chi connectivity index (χ1n) is 9.06. The Morgan fingerprint density at radius 1 is 1.00 bits per heavy atom. The molecule has 0 aliphatic rings. The van der Waals surface area contributed by atoms with Gasteiger partial charge in [-0.2, -0.15) is 5.10 Å². The molecule has 5 nitrogen and oxygen atoms in total. The summed E-state index contributed by atoms with van der Waals surface area (Å²) in [5.74, 6) is 0.934. The van der Waals surface area contributed by atoms with E-state index in [1.54, 1.807) is 13.3 Å². The number of halogens is 1. The third-order valence-corrected chi connectivity index (χ3v) is 4.38. The smallest absolute Gasteiger partial charge is 0.244 e. The third-order valence-electron chi connectivity index (χ3n) is 4.13. The van der Waals surface area contributed by atoms with Crippen molar-refractivity contribution in [3.8, 4) is 11.5 Å². The van der Waals surface area contributed by atoms with Crippen LogP contribution < -0.4 is 14.9 Å². The maximum absolute atomic E-state index is 12.1. The molecule has 29 heavy (non-hydrogen) atoms. The molecule has 0 unspecified atom stereocenters. The number of carbonyl (C=O) groups excluding carboxylic acids is 1. The van der Waals surface area contributed by atoms with Crippen molar-refractivity contribution in [3.63, 3.8) is 0 Å². The Morgan fingerprint density at radius 3 is 2.48 bits per heavy atom. The van der Waals surface area contributed by atoms with Crippen LogP contribution in [0.4, 0.5) is 0 Å². The monoisotopic (exact) mass is 408 g/mol. The van der Waals surface area contributed by atoms with Crippen molar-refractivity contribution in [2.75, 3.05) is 7.11 Å². The van der Waals surface area contributed by atoms with Gasteiger partial charge in [0.25, 0.3) is 0 Å². The minimum absolute atomic E-state index is 0.195. The van der Waals surface area contributed by atoms with Gasteiger partial charge in [0.2, 0.25) is 5.91 Å². The van der Waals surface area contributed by atoms with Crippen LogP contribution >= 0.6 is 11.6 Å². The number of benzene rings is 3. The fraction of sp³-hybridized carbons (Fsp3) is 0.130. The van der Waals surface area contributed by atoms with E-state index in [2.05, 4.69) is 10.5 Å². The van der Waals surface area contributed by atoms with Crippen LogP contribution in [0, 0.1) is 0 Å². The number of amides is 1. The van der Waals surface area contributed by atoms with E-state index in [4.69, 9.17) is 21.1 Å². The zero-order valence-corrected chi connectivity index (χ0v) is 16.7. The zero-order valence-electron chi connectivity index (χ0n) is 16.0. The van der Waals surface area contributed by atoms with Crippen molar-refractivity contribution in [2.24, 2.45) is 5.10 Å². The van der Waals surface area contributed by atoms with Crippen molar-refractivity contribution < 1.29 is 14.3 Å². The summed E-state index contributed by atoms with van der Waals surface area (Å²) in [5.41, 5.74) is 5.13. The molecule has 3 rings (SSSR count). The lowest BCUT2D eigenvalue weighted by molar-refractivity contribution is -0.120. The number of nitrogens with zero attached hydrogens (tertiary/aromatic N) is 1. The van der Waals surface area contributed by atoms with Crippen molar-refractivity contribution in [3.05, 3.63) is 94.5 Å². The van der Waals surface area contributed by atoms with Crippen LogP contribution in [0.5, 0.6) is 11.5 Å². The molecule has 148 valence electrons. The second-order valence-corrected chi connectivity index (χ2v) is 6.69. The van der Waals surface area contributed by atoms with Gasteiger partial charge in [-0.25, -0.2) is 5.43 Å². The summed E-state index contributed by atoms with van der Waals surface area (Å²) >= 11 is 5.92. The second-order valence-electron chi connectivity index (χ2n) is 6.25. The topological polar surface area (TPSA) is 59.9 Å². The lowest BCUT2D eigenvalue weighted by atomic mass is 10.1. The number of ether oxygens (including phenoxy) is 2. The van der Waals surface area contributed by atoms with Gasteiger partial charge in [-0.15, -0.1) is 0 Å². The molecule has 3 aromatic carbocycles. The van der Waals surface area contributed by atoms with Crippen LogP contribution in [0.2, 0.25) is 5.02 Å². The highest BCUT2D eigenvalue weighted by molar-refractivity contribution is 6.30. The van der Waals surface area contributed by atoms with E-state index in [1.807, 2.05) is 72.8 Å². The average Bonchev–Trinajstić information content (AvgIpc) is 2.74. The molecule has 0 saturated carbocycles. The number of nitrogens with one attached hydrogen (secondary N) is 1. The SMILES string of the molecule is COc1cccc(/C=N/NC(=O)Cc2ccccc2)c1OCc1ccc(Cl)cc1. The molecule has 0 radical (unpaired) electrons. The highest BCUT2D eigenvalue weighted by Crippen LogP contribution is 2.31. The number of carbonyl (C=O) groups is 1.